The number of aliphatic hydroxyl groups excluding tert-OH is 1. The summed E-state index contributed by atoms with van der Waals surface area (Å²) in [4.78, 5) is 0.959. The highest BCUT2D eigenvalue weighted by molar-refractivity contribution is 9.10. The van der Waals surface area contributed by atoms with E-state index in [4.69, 9.17) is 11.6 Å². The second-order valence-corrected chi connectivity index (χ2v) is 8.18. The normalized spacial score (nSPS) is 24.4. The van der Waals surface area contributed by atoms with Crippen LogP contribution in [0.2, 0.25) is 4.34 Å². The maximum absolute atomic E-state index is 10.4. The molecule has 90 valence electrons. The predicted molar refractivity (Wildman–Crippen MR) is 73.0 cm³/mol. The van der Waals surface area contributed by atoms with Crippen LogP contribution in [0.1, 0.15) is 38.7 Å². The Kier molecular flexibility index (Phi) is 2.99. The van der Waals surface area contributed by atoms with E-state index >= 15 is 0 Å². The molecule has 0 aliphatic heterocycles. The van der Waals surface area contributed by atoms with Gasteiger partial charge in [0.2, 0.25) is 0 Å². The molecule has 0 aromatic carbocycles. The maximum Gasteiger partial charge on any atom is 0.107 e. The van der Waals surface area contributed by atoms with E-state index in [1.165, 1.54) is 11.3 Å². The summed E-state index contributed by atoms with van der Waals surface area (Å²) in [5.41, 5.74) is 0.380. The van der Waals surface area contributed by atoms with Crippen LogP contribution in [0.25, 0.3) is 0 Å². The first-order valence-electron chi connectivity index (χ1n) is 5.32. The third-order valence-corrected chi connectivity index (χ3v) is 6.95. The van der Waals surface area contributed by atoms with Crippen molar-refractivity contribution in [3.63, 3.8) is 0 Å². The standard InChI is InChI=1S/C12H16BrClOS/c1-11(2)9(12(11,3)4)8(15)7-5-6(13)10(14)16-7/h5,8-9,15H,1-4H3. The van der Waals surface area contributed by atoms with Gasteiger partial charge in [0.1, 0.15) is 4.34 Å². The summed E-state index contributed by atoms with van der Waals surface area (Å²) >= 11 is 10.8. The predicted octanol–water partition coefficient (Wildman–Crippen LogP) is 4.88. The van der Waals surface area contributed by atoms with Gasteiger partial charge in [-0.15, -0.1) is 11.3 Å². The van der Waals surface area contributed by atoms with Gasteiger partial charge in [0, 0.05) is 15.3 Å². The van der Waals surface area contributed by atoms with Crippen LogP contribution in [-0.4, -0.2) is 5.11 Å². The van der Waals surface area contributed by atoms with Crippen molar-refractivity contribution in [2.24, 2.45) is 16.7 Å². The van der Waals surface area contributed by atoms with Crippen LogP contribution >= 0.6 is 38.9 Å². The highest BCUT2D eigenvalue weighted by atomic mass is 79.9. The Labute approximate surface area is 114 Å². The lowest BCUT2D eigenvalue weighted by Crippen LogP contribution is -2.03. The van der Waals surface area contributed by atoms with Gasteiger partial charge in [-0.3, -0.25) is 0 Å². The van der Waals surface area contributed by atoms with E-state index in [0.717, 1.165) is 9.35 Å². The molecule has 1 atom stereocenters. The fourth-order valence-corrected chi connectivity index (χ4v) is 4.47. The molecule has 1 nitrogen and oxygen atoms in total. The molecular formula is C12H16BrClOS. The van der Waals surface area contributed by atoms with Crippen molar-refractivity contribution in [2.45, 2.75) is 33.8 Å². The maximum atomic E-state index is 10.4. The van der Waals surface area contributed by atoms with Crippen molar-refractivity contribution < 1.29 is 5.11 Å². The zero-order valence-electron chi connectivity index (χ0n) is 9.84. The molecular weight excluding hydrogens is 308 g/mol. The van der Waals surface area contributed by atoms with Crippen molar-refractivity contribution >= 4 is 38.9 Å². The van der Waals surface area contributed by atoms with Gasteiger partial charge in [0.25, 0.3) is 0 Å². The first-order chi connectivity index (χ1) is 7.19. The lowest BCUT2D eigenvalue weighted by molar-refractivity contribution is 0.134. The van der Waals surface area contributed by atoms with E-state index in [0.29, 0.717) is 10.3 Å². The molecule has 1 heterocycles. The highest BCUT2D eigenvalue weighted by Gasteiger charge is 2.67. The van der Waals surface area contributed by atoms with Gasteiger partial charge >= 0.3 is 0 Å². The van der Waals surface area contributed by atoms with Crippen LogP contribution in [0.4, 0.5) is 0 Å². The Hall–Kier alpha value is 0.430. The van der Waals surface area contributed by atoms with E-state index in [2.05, 4.69) is 43.6 Å². The summed E-state index contributed by atoms with van der Waals surface area (Å²) in [5.74, 6) is 0.307. The fraction of sp³-hybridized carbons (Fsp3) is 0.667. The largest absolute Gasteiger partial charge is 0.387 e. The van der Waals surface area contributed by atoms with Crippen LogP contribution in [0, 0.1) is 16.7 Å². The first-order valence-corrected chi connectivity index (χ1v) is 7.31. The minimum absolute atomic E-state index is 0.190. The minimum Gasteiger partial charge on any atom is -0.387 e. The molecule has 0 saturated heterocycles. The molecule has 1 N–H and O–H groups in total. The van der Waals surface area contributed by atoms with Crippen LogP contribution in [0.5, 0.6) is 0 Å². The van der Waals surface area contributed by atoms with Crippen molar-refractivity contribution in [3.05, 3.63) is 19.8 Å². The molecule has 16 heavy (non-hydrogen) atoms. The molecule has 0 spiro atoms. The van der Waals surface area contributed by atoms with Crippen LogP contribution in [0.15, 0.2) is 10.5 Å². The van der Waals surface area contributed by atoms with E-state index < -0.39 is 6.10 Å². The SMILES string of the molecule is CC1(C)C(C(O)c2cc(Br)c(Cl)s2)C1(C)C. The third kappa shape index (κ3) is 1.67. The second-order valence-electron chi connectivity index (χ2n) is 5.64. The zero-order valence-corrected chi connectivity index (χ0v) is 13.0. The molecule has 1 aromatic rings. The van der Waals surface area contributed by atoms with Gasteiger partial charge in [-0.05, 0) is 32.8 Å². The van der Waals surface area contributed by atoms with Crippen molar-refractivity contribution in [1.82, 2.24) is 0 Å². The van der Waals surface area contributed by atoms with Crippen molar-refractivity contribution in [3.8, 4) is 0 Å². The summed E-state index contributed by atoms with van der Waals surface area (Å²) in [5, 5.41) is 10.4. The molecule has 0 bridgehead atoms. The number of thiophene rings is 1. The summed E-state index contributed by atoms with van der Waals surface area (Å²) in [6.45, 7) is 8.85. The summed E-state index contributed by atoms with van der Waals surface area (Å²) in [7, 11) is 0. The molecule has 1 saturated carbocycles. The first kappa shape index (κ1) is 12.9. The Morgan fingerprint density at radius 2 is 1.88 bits per heavy atom. The molecule has 2 rings (SSSR count). The van der Waals surface area contributed by atoms with Gasteiger partial charge in [-0.1, -0.05) is 39.3 Å². The number of hydrogen-bond donors (Lipinski definition) is 1. The van der Waals surface area contributed by atoms with E-state index in [9.17, 15) is 5.11 Å². The van der Waals surface area contributed by atoms with Crippen molar-refractivity contribution in [1.29, 1.82) is 0 Å². The summed E-state index contributed by atoms with van der Waals surface area (Å²) in [6, 6.07) is 1.93. The Balaban J connectivity index is 2.25. The van der Waals surface area contributed by atoms with E-state index in [-0.39, 0.29) is 10.8 Å². The molecule has 1 aliphatic rings. The Morgan fingerprint density at radius 1 is 1.38 bits per heavy atom. The molecule has 1 unspecified atom stereocenters. The summed E-state index contributed by atoms with van der Waals surface area (Å²) in [6.07, 6.45) is -0.404. The third-order valence-electron chi connectivity index (χ3n) is 4.40. The van der Waals surface area contributed by atoms with Gasteiger partial charge in [-0.2, -0.15) is 0 Å². The quantitative estimate of drug-likeness (QED) is 0.822. The number of hydrogen-bond acceptors (Lipinski definition) is 2. The van der Waals surface area contributed by atoms with Crippen molar-refractivity contribution in [2.75, 3.05) is 0 Å². The smallest absolute Gasteiger partial charge is 0.107 e. The average Bonchev–Trinajstić information content (AvgIpc) is 2.39. The lowest BCUT2D eigenvalue weighted by Gasteiger charge is -2.10. The van der Waals surface area contributed by atoms with Crippen LogP contribution in [0.3, 0.4) is 0 Å². The molecule has 0 radical (unpaired) electrons. The fourth-order valence-electron chi connectivity index (χ4n) is 2.71. The molecule has 1 aliphatic carbocycles. The second kappa shape index (κ2) is 3.71. The monoisotopic (exact) mass is 322 g/mol. The van der Waals surface area contributed by atoms with E-state index in [1.807, 2.05) is 6.07 Å². The number of halogens is 2. The molecule has 4 heteroatoms. The van der Waals surface area contributed by atoms with Gasteiger partial charge in [0.05, 0.1) is 6.10 Å². The molecule has 1 aromatic heterocycles. The van der Waals surface area contributed by atoms with Gasteiger partial charge in [-0.25, -0.2) is 0 Å². The average molecular weight is 324 g/mol. The lowest BCUT2D eigenvalue weighted by atomic mass is 10.0. The number of aliphatic hydroxyl groups is 1. The Bertz CT molecular complexity index is 391. The zero-order chi connectivity index (χ0) is 12.3. The number of rotatable bonds is 2. The minimum atomic E-state index is -0.404. The summed E-state index contributed by atoms with van der Waals surface area (Å²) < 4.78 is 1.59. The Morgan fingerprint density at radius 3 is 2.19 bits per heavy atom. The highest BCUT2D eigenvalue weighted by Crippen LogP contribution is 2.72. The van der Waals surface area contributed by atoms with Gasteiger partial charge < -0.3 is 5.11 Å². The topological polar surface area (TPSA) is 20.2 Å². The van der Waals surface area contributed by atoms with Gasteiger partial charge in [0.15, 0.2) is 0 Å². The molecule has 0 amide bonds. The van der Waals surface area contributed by atoms with Crippen LogP contribution < -0.4 is 0 Å². The molecule has 1 fully saturated rings. The van der Waals surface area contributed by atoms with Crippen LogP contribution in [-0.2, 0) is 0 Å². The van der Waals surface area contributed by atoms with E-state index in [1.54, 1.807) is 0 Å².